The van der Waals surface area contributed by atoms with Crippen molar-refractivity contribution < 1.29 is 14.3 Å². The molecule has 4 heteroatoms. The zero-order valence-electron chi connectivity index (χ0n) is 12.8. The van der Waals surface area contributed by atoms with Crippen molar-refractivity contribution in [1.29, 1.82) is 0 Å². The number of nitrogens with one attached hydrogen (secondary N) is 1. The fraction of sp³-hybridized carbons (Fsp3) is 0.105. The molecule has 0 atom stereocenters. The summed E-state index contributed by atoms with van der Waals surface area (Å²) < 4.78 is 10.3. The molecule has 3 rings (SSSR count). The molecule has 0 aliphatic heterocycles. The summed E-state index contributed by atoms with van der Waals surface area (Å²) in [6.45, 7) is 0. The third-order valence-corrected chi connectivity index (χ3v) is 3.46. The predicted molar refractivity (Wildman–Crippen MR) is 89.1 cm³/mol. The Morgan fingerprint density at radius 2 is 1.78 bits per heavy atom. The van der Waals surface area contributed by atoms with Gasteiger partial charge in [0.15, 0.2) is 0 Å². The largest absolute Gasteiger partial charge is 0.497 e. The van der Waals surface area contributed by atoms with Gasteiger partial charge in [0, 0.05) is 16.5 Å². The van der Waals surface area contributed by atoms with Crippen molar-refractivity contribution in [2.45, 2.75) is 0 Å². The minimum absolute atomic E-state index is 0.261. The molecule has 0 radical (unpaired) electrons. The molecule has 0 spiro atoms. The van der Waals surface area contributed by atoms with Gasteiger partial charge in [0.25, 0.3) is 5.78 Å². The van der Waals surface area contributed by atoms with Crippen LogP contribution >= 0.6 is 0 Å². The van der Waals surface area contributed by atoms with E-state index in [0.717, 1.165) is 22.2 Å². The highest BCUT2D eigenvalue weighted by molar-refractivity contribution is 6.10. The van der Waals surface area contributed by atoms with Gasteiger partial charge in [0.1, 0.15) is 11.5 Å². The van der Waals surface area contributed by atoms with E-state index >= 15 is 0 Å². The van der Waals surface area contributed by atoms with Gasteiger partial charge >= 0.3 is 0 Å². The van der Waals surface area contributed by atoms with Gasteiger partial charge in [0.2, 0.25) is 0 Å². The molecule has 0 saturated carbocycles. The lowest BCUT2D eigenvalue weighted by Crippen LogP contribution is -1.94. The summed E-state index contributed by atoms with van der Waals surface area (Å²) in [5.41, 5.74) is 2.07. The number of aromatic amines is 1. The third kappa shape index (κ3) is 3.19. The van der Waals surface area contributed by atoms with E-state index in [9.17, 15) is 4.79 Å². The molecule has 0 aliphatic carbocycles. The molecule has 23 heavy (non-hydrogen) atoms. The van der Waals surface area contributed by atoms with Crippen LogP contribution in [0, 0.1) is 11.8 Å². The maximum absolute atomic E-state index is 12.2. The highest BCUT2D eigenvalue weighted by Crippen LogP contribution is 2.21. The number of ether oxygens (including phenoxy) is 2. The first-order valence-electron chi connectivity index (χ1n) is 7.07. The first kappa shape index (κ1) is 14.7. The molecule has 0 aliphatic rings. The average molecular weight is 305 g/mol. The summed E-state index contributed by atoms with van der Waals surface area (Å²) >= 11 is 0. The summed E-state index contributed by atoms with van der Waals surface area (Å²) in [6.07, 6.45) is 0. The predicted octanol–water partition coefficient (Wildman–Crippen LogP) is 3.42. The quantitative estimate of drug-likeness (QED) is 0.596. The molecule has 114 valence electrons. The molecule has 1 aromatic heterocycles. The Morgan fingerprint density at radius 3 is 2.57 bits per heavy atom. The maximum atomic E-state index is 12.2. The Morgan fingerprint density at radius 1 is 1.00 bits per heavy atom. The lowest BCUT2D eigenvalue weighted by Gasteiger charge is -1.97. The van der Waals surface area contributed by atoms with Crippen molar-refractivity contribution >= 4 is 16.7 Å². The summed E-state index contributed by atoms with van der Waals surface area (Å²) in [6, 6.07) is 14.7. The van der Waals surface area contributed by atoms with Crippen LogP contribution in [-0.4, -0.2) is 25.0 Å². The lowest BCUT2D eigenvalue weighted by atomic mass is 10.2. The van der Waals surface area contributed by atoms with Crippen LogP contribution in [-0.2, 0) is 0 Å². The second-order valence-electron chi connectivity index (χ2n) is 4.95. The van der Waals surface area contributed by atoms with Gasteiger partial charge < -0.3 is 14.5 Å². The van der Waals surface area contributed by atoms with E-state index in [1.807, 2.05) is 36.4 Å². The first-order valence-corrected chi connectivity index (χ1v) is 7.07. The van der Waals surface area contributed by atoms with Crippen LogP contribution in [0.4, 0.5) is 0 Å². The van der Waals surface area contributed by atoms with E-state index in [1.165, 1.54) is 0 Å². The number of fused-ring (bicyclic) bond motifs is 1. The Labute approximate surface area is 134 Å². The molecule has 0 amide bonds. The maximum Gasteiger partial charge on any atom is 0.252 e. The molecule has 0 unspecified atom stereocenters. The van der Waals surface area contributed by atoms with Crippen molar-refractivity contribution in [2.75, 3.05) is 14.2 Å². The number of H-pyrrole nitrogens is 1. The van der Waals surface area contributed by atoms with Crippen LogP contribution in [0.1, 0.15) is 16.1 Å². The minimum Gasteiger partial charge on any atom is -0.497 e. The summed E-state index contributed by atoms with van der Waals surface area (Å²) in [7, 11) is 3.20. The number of Topliss-reactive ketones (excluding diaryl/α,β-unsaturated/α-hetero) is 1. The van der Waals surface area contributed by atoms with Gasteiger partial charge in [-0.1, -0.05) is 12.0 Å². The summed E-state index contributed by atoms with van der Waals surface area (Å²) in [5.74, 6) is 6.71. The number of hydrogen-bond donors (Lipinski definition) is 1. The fourth-order valence-electron chi connectivity index (χ4n) is 2.26. The van der Waals surface area contributed by atoms with Gasteiger partial charge in [-0.2, -0.15) is 0 Å². The van der Waals surface area contributed by atoms with Crippen LogP contribution in [0.5, 0.6) is 11.5 Å². The van der Waals surface area contributed by atoms with Crippen molar-refractivity contribution in [3.63, 3.8) is 0 Å². The molecule has 1 N–H and O–H groups in total. The molecule has 0 fully saturated rings. The molecular formula is C19H15NO3. The second-order valence-corrected chi connectivity index (χ2v) is 4.95. The van der Waals surface area contributed by atoms with Crippen molar-refractivity contribution in [3.05, 3.63) is 59.8 Å². The number of methoxy groups -OCH3 is 2. The number of carbonyl (C=O) groups excluding carboxylic acids is 1. The van der Waals surface area contributed by atoms with E-state index in [-0.39, 0.29) is 5.78 Å². The number of aromatic nitrogens is 1. The van der Waals surface area contributed by atoms with Crippen LogP contribution in [0.15, 0.2) is 48.5 Å². The van der Waals surface area contributed by atoms with Gasteiger partial charge in [0.05, 0.1) is 19.9 Å². The highest BCUT2D eigenvalue weighted by Gasteiger charge is 2.07. The Kier molecular flexibility index (Phi) is 4.03. The van der Waals surface area contributed by atoms with E-state index in [0.29, 0.717) is 11.4 Å². The summed E-state index contributed by atoms with van der Waals surface area (Å²) in [5, 5.41) is 0.913. The zero-order chi connectivity index (χ0) is 16.2. The SMILES string of the molecule is COc1cccc(C#CC(=O)c2cc3cc(OC)ccc3[nH]2)c1. The first-order chi connectivity index (χ1) is 11.2. The number of rotatable bonds is 3. The summed E-state index contributed by atoms with van der Waals surface area (Å²) in [4.78, 5) is 15.3. The highest BCUT2D eigenvalue weighted by atomic mass is 16.5. The zero-order valence-corrected chi connectivity index (χ0v) is 12.8. The monoisotopic (exact) mass is 305 g/mol. The standard InChI is InChI=1S/C19H15NO3/c1-22-15-5-3-4-13(10-15)6-9-19(21)18-12-14-11-16(23-2)7-8-17(14)20-18/h3-5,7-8,10-12,20H,1-2H3. The van der Waals surface area contributed by atoms with E-state index < -0.39 is 0 Å². The van der Waals surface area contributed by atoms with E-state index in [4.69, 9.17) is 9.47 Å². The molecule has 3 aromatic rings. The molecular weight excluding hydrogens is 290 g/mol. The molecule has 1 heterocycles. The number of carbonyl (C=O) groups is 1. The second kappa shape index (κ2) is 6.29. The van der Waals surface area contributed by atoms with Crippen LogP contribution in [0.3, 0.4) is 0 Å². The van der Waals surface area contributed by atoms with Crippen LogP contribution in [0.2, 0.25) is 0 Å². The Hall–Kier alpha value is -3.19. The number of benzene rings is 2. The number of ketones is 1. The van der Waals surface area contributed by atoms with E-state index in [1.54, 1.807) is 26.4 Å². The molecule has 0 saturated heterocycles. The van der Waals surface area contributed by atoms with Crippen molar-refractivity contribution in [2.24, 2.45) is 0 Å². The van der Waals surface area contributed by atoms with Crippen molar-refractivity contribution in [3.8, 4) is 23.3 Å². The van der Waals surface area contributed by atoms with Crippen molar-refractivity contribution in [1.82, 2.24) is 4.98 Å². The van der Waals surface area contributed by atoms with Gasteiger partial charge in [-0.25, -0.2) is 0 Å². The number of hydrogen-bond acceptors (Lipinski definition) is 3. The minimum atomic E-state index is -0.261. The van der Waals surface area contributed by atoms with Gasteiger partial charge in [-0.05, 0) is 48.4 Å². The van der Waals surface area contributed by atoms with Gasteiger partial charge in [-0.3, -0.25) is 4.79 Å². The molecule has 2 aromatic carbocycles. The topological polar surface area (TPSA) is 51.3 Å². The van der Waals surface area contributed by atoms with E-state index in [2.05, 4.69) is 16.8 Å². The fourth-order valence-corrected chi connectivity index (χ4v) is 2.26. The third-order valence-electron chi connectivity index (χ3n) is 3.46. The molecule has 0 bridgehead atoms. The normalized spacial score (nSPS) is 10.0. The Balaban J connectivity index is 1.87. The Bertz CT molecular complexity index is 928. The molecule has 4 nitrogen and oxygen atoms in total. The average Bonchev–Trinajstić information content (AvgIpc) is 3.03. The van der Waals surface area contributed by atoms with Crippen LogP contribution in [0.25, 0.3) is 10.9 Å². The van der Waals surface area contributed by atoms with Crippen LogP contribution < -0.4 is 9.47 Å². The van der Waals surface area contributed by atoms with Gasteiger partial charge in [-0.15, -0.1) is 0 Å². The lowest BCUT2D eigenvalue weighted by molar-refractivity contribution is 0.105. The smallest absolute Gasteiger partial charge is 0.252 e.